The zero-order valence-electron chi connectivity index (χ0n) is 26.2. The maximum Gasteiger partial charge on any atom is 0.362 e. The van der Waals surface area contributed by atoms with Gasteiger partial charge in [-0.15, -0.1) is 0 Å². The van der Waals surface area contributed by atoms with E-state index in [1.165, 1.54) is 77.0 Å². The van der Waals surface area contributed by atoms with Crippen molar-refractivity contribution in [1.82, 2.24) is 0 Å². The number of carboxylic acids is 3. The standard InChI is InChI=1S/C33H61NO6/c1-5-9-10-11-12-13-14-15-16-17-18-19-20-21-22-23-24-25-26-27-34(28(6-2)31(35)36,29(7-3)32(37)38)30(8-4)33(39)40/h15-16,28-30H,5-14,17-27H2,1-4H3,(H2-,35,36,37,38,39,40)/b16-15+. The molecule has 0 aromatic rings. The van der Waals surface area contributed by atoms with Crippen molar-refractivity contribution in [3.05, 3.63) is 12.2 Å². The van der Waals surface area contributed by atoms with Crippen LogP contribution in [0.25, 0.3) is 0 Å². The number of unbranched alkanes of at least 4 members (excludes halogenated alkanes) is 15. The summed E-state index contributed by atoms with van der Waals surface area (Å²) in [6, 6.07) is -3.38. The highest BCUT2D eigenvalue weighted by Gasteiger charge is 2.53. The average Bonchev–Trinajstić information content (AvgIpc) is 2.90. The first kappa shape index (κ1) is 38.1. The van der Waals surface area contributed by atoms with Crippen LogP contribution in [0.5, 0.6) is 0 Å². The minimum absolute atomic E-state index is 0.130. The van der Waals surface area contributed by atoms with Gasteiger partial charge in [0.05, 0.1) is 12.5 Å². The summed E-state index contributed by atoms with van der Waals surface area (Å²) in [6.45, 7) is 7.52. The van der Waals surface area contributed by atoms with Crippen molar-refractivity contribution in [3.8, 4) is 0 Å². The molecule has 7 heteroatoms. The molecule has 0 aliphatic heterocycles. The molecule has 0 fully saturated rings. The van der Waals surface area contributed by atoms with Crippen molar-refractivity contribution in [1.29, 1.82) is 0 Å². The first-order valence-corrected chi connectivity index (χ1v) is 16.4. The van der Waals surface area contributed by atoms with Gasteiger partial charge in [-0.2, -0.15) is 0 Å². The Morgan fingerprint density at radius 1 is 0.575 bits per heavy atom. The second-order valence-electron chi connectivity index (χ2n) is 11.5. The molecule has 0 spiro atoms. The fourth-order valence-corrected chi connectivity index (χ4v) is 6.43. The summed E-state index contributed by atoms with van der Waals surface area (Å²) in [5.74, 6) is -3.65. The molecular weight excluding hydrogens is 506 g/mol. The number of carboxylic acid groups (broad SMARTS) is 3. The molecule has 0 radical (unpaired) electrons. The third-order valence-corrected chi connectivity index (χ3v) is 8.55. The topological polar surface area (TPSA) is 115 Å². The number of carbonyl (C=O) groups excluding carboxylic acids is 1. The average molecular weight is 568 g/mol. The van der Waals surface area contributed by atoms with E-state index in [-0.39, 0.29) is 25.8 Å². The van der Waals surface area contributed by atoms with Crippen LogP contribution in [0.1, 0.15) is 156 Å². The molecular formula is C33H61NO6. The summed E-state index contributed by atoms with van der Waals surface area (Å²) in [7, 11) is 0. The number of allylic oxidation sites excluding steroid dienone is 2. The van der Waals surface area contributed by atoms with Crippen LogP contribution in [0.15, 0.2) is 12.2 Å². The van der Waals surface area contributed by atoms with Gasteiger partial charge in [-0.3, -0.25) is 4.48 Å². The Bertz CT molecular complexity index is 652. The van der Waals surface area contributed by atoms with Gasteiger partial charge in [-0.05, 0) is 38.5 Å². The van der Waals surface area contributed by atoms with E-state index >= 15 is 0 Å². The fourth-order valence-electron chi connectivity index (χ4n) is 6.43. The van der Waals surface area contributed by atoms with E-state index in [1.54, 1.807) is 20.8 Å². The van der Waals surface area contributed by atoms with Crippen LogP contribution >= 0.6 is 0 Å². The summed E-state index contributed by atoms with van der Waals surface area (Å²) < 4.78 is -0.468. The van der Waals surface area contributed by atoms with E-state index in [1.807, 2.05) is 0 Å². The van der Waals surface area contributed by atoms with Gasteiger partial charge in [0, 0.05) is 19.3 Å². The lowest BCUT2D eigenvalue weighted by molar-refractivity contribution is -0.974. The van der Waals surface area contributed by atoms with Crippen molar-refractivity contribution >= 4 is 17.9 Å². The van der Waals surface area contributed by atoms with Crippen LogP contribution in [0, 0.1) is 0 Å². The number of aliphatic carboxylic acids is 3. The van der Waals surface area contributed by atoms with Crippen LogP contribution in [-0.4, -0.2) is 57.3 Å². The molecule has 7 nitrogen and oxygen atoms in total. The summed E-state index contributed by atoms with van der Waals surface area (Å²) >= 11 is 0. The minimum Gasteiger partial charge on any atom is -0.544 e. The molecule has 0 aromatic heterocycles. The second kappa shape index (κ2) is 23.8. The molecule has 234 valence electrons. The maximum atomic E-state index is 12.2. The predicted octanol–water partition coefficient (Wildman–Crippen LogP) is 7.27. The van der Waals surface area contributed by atoms with E-state index in [2.05, 4.69) is 19.1 Å². The van der Waals surface area contributed by atoms with Gasteiger partial charge in [0.25, 0.3) is 0 Å². The monoisotopic (exact) mass is 567 g/mol. The Balaban J connectivity index is 4.52. The van der Waals surface area contributed by atoms with Crippen LogP contribution in [-0.2, 0) is 14.4 Å². The number of rotatable bonds is 28. The van der Waals surface area contributed by atoms with Gasteiger partial charge in [0.15, 0.2) is 12.1 Å². The van der Waals surface area contributed by atoms with E-state index in [9.17, 15) is 29.7 Å². The molecule has 0 saturated heterocycles. The van der Waals surface area contributed by atoms with Crippen molar-refractivity contribution in [2.24, 2.45) is 0 Å². The molecule has 3 unspecified atom stereocenters. The van der Waals surface area contributed by atoms with Gasteiger partial charge in [-0.1, -0.05) is 110 Å². The lowest BCUT2D eigenvalue weighted by atomic mass is 9.93. The third-order valence-electron chi connectivity index (χ3n) is 8.55. The van der Waals surface area contributed by atoms with Gasteiger partial charge < -0.3 is 20.1 Å². The Morgan fingerprint density at radius 2 is 0.925 bits per heavy atom. The molecule has 0 aliphatic carbocycles. The number of hydrogen-bond donors (Lipinski definition) is 2. The van der Waals surface area contributed by atoms with Crippen LogP contribution in [0.4, 0.5) is 0 Å². The predicted molar refractivity (Wildman–Crippen MR) is 161 cm³/mol. The SMILES string of the molecule is CCCCCCCC/C=C/CCCCCCCCCCC[N+](C(CC)C(=O)[O-])(C(CC)C(=O)O)C(CC)C(=O)O. The highest BCUT2D eigenvalue weighted by Crippen LogP contribution is 2.32. The maximum absolute atomic E-state index is 12.2. The quantitative estimate of drug-likeness (QED) is 0.0584. The highest BCUT2D eigenvalue weighted by molar-refractivity contribution is 5.77. The zero-order valence-corrected chi connectivity index (χ0v) is 26.2. The molecule has 0 amide bonds. The number of carbonyl (C=O) groups is 3. The van der Waals surface area contributed by atoms with Crippen LogP contribution < -0.4 is 5.11 Å². The van der Waals surface area contributed by atoms with Gasteiger partial charge in [0.1, 0.15) is 6.04 Å². The first-order chi connectivity index (χ1) is 19.2. The van der Waals surface area contributed by atoms with Crippen LogP contribution in [0.3, 0.4) is 0 Å². The van der Waals surface area contributed by atoms with E-state index in [0.29, 0.717) is 6.42 Å². The zero-order chi connectivity index (χ0) is 30.2. The Hall–Kier alpha value is -1.89. The van der Waals surface area contributed by atoms with E-state index < -0.39 is 40.5 Å². The molecule has 40 heavy (non-hydrogen) atoms. The van der Waals surface area contributed by atoms with Crippen LogP contribution in [0.2, 0.25) is 0 Å². The van der Waals surface area contributed by atoms with Gasteiger partial charge in [-0.25, -0.2) is 9.59 Å². The number of quaternary nitrogens is 1. The molecule has 0 aromatic carbocycles. The molecule has 3 atom stereocenters. The lowest BCUT2D eigenvalue weighted by Crippen LogP contribution is -2.73. The summed E-state index contributed by atoms with van der Waals surface area (Å²) in [5.41, 5.74) is 0. The van der Waals surface area contributed by atoms with Crippen molar-refractivity contribution < 1.29 is 34.2 Å². The molecule has 2 N–H and O–H groups in total. The van der Waals surface area contributed by atoms with Crippen molar-refractivity contribution in [2.45, 2.75) is 174 Å². The third kappa shape index (κ3) is 14.1. The van der Waals surface area contributed by atoms with Gasteiger partial charge >= 0.3 is 11.9 Å². The van der Waals surface area contributed by atoms with E-state index in [0.717, 1.165) is 25.7 Å². The lowest BCUT2D eigenvalue weighted by Gasteiger charge is -2.51. The number of hydrogen-bond acceptors (Lipinski definition) is 4. The Labute approximate surface area is 245 Å². The largest absolute Gasteiger partial charge is 0.544 e. The van der Waals surface area contributed by atoms with E-state index in [4.69, 9.17) is 0 Å². The molecule has 0 saturated carbocycles. The highest BCUT2D eigenvalue weighted by atomic mass is 16.4. The minimum atomic E-state index is -1.37. The van der Waals surface area contributed by atoms with Gasteiger partial charge in [0.2, 0.25) is 0 Å². The molecule has 0 bridgehead atoms. The Kier molecular flexibility index (Phi) is 22.7. The fraction of sp³-hybridized carbons (Fsp3) is 0.848. The normalized spacial score (nSPS) is 15.5. The smallest absolute Gasteiger partial charge is 0.362 e. The first-order valence-electron chi connectivity index (χ1n) is 16.4. The molecule has 0 aliphatic rings. The Morgan fingerprint density at radius 3 is 1.25 bits per heavy atom. The van der Waals surface area contributed by atoms with Crippen molar-refractivity contribution in [3.63, 3.8) is 0 Å². The van der Waals surface area contributed by atoms with Crippen molar-refractivity contribution in [2.75, 3.05) is 6.54 Å². The summed E-state index contributed by atoms with van der Waals surface area (Å²) in [4.78, 5) is 36.6. The summed E-state index contributed by atoms with van der Waals surface area (Å²) in [5, 5.41) is 32.1. The molecule has 0 heterocycles. The molecule has 0 rings (SSSR count). The summed E-state index contributed by atoms with van der Waals surface area (Å²) in [6.07, 6.45) is 25.2. The number of nitrogens with zero attached hydrogens (tertiary/aromatic N) is 1. The second-order valence-corrected chi connectivity index (χ2v) is 11.5.